The van der Waals surface area contributed by atoms with Gasteiger partial charge in [-0.15, -0.1) is 0 Å². The molecule has 3 heterocycles. The van der Waals surface area contributed by atoms with Crippen molar-refractivity contribution in [2.24, 2.45) is 0 Å². The first-order chi connectivity index (χ1) is 17.4. The standard InChI is InChI=1S/C25H28F3N5O4/c1-12-10-33(11-13(2)37-12)24(35)16-6-21(36-5)22(29-9-16)30-14(3)17-7-18-20(8-19(17)25(26,27)28)31-15(4)32-23(18)34/h6-9,12-14H,10-11H2,1-5H3,(H,29,30)(H,31,32,34). The van der Waals surface area contributed by atoms with E-state index in [4.69, 9.17) is 9.47 Å². The van der Waals surface area contributed by atoms with Crippen LogP contribution in [0.15, 0.2) is 29.2 Å². The van der Waals surface area contributed by atoms with Crippen LogP contribution < -0.4 is 15.6 Å². The van der Waals surface area contributed by atoms with E-state index in [2.05, 4.69) is 20.3 Å². The van der Waals surface area contributed by atoms with Crippen molar-refractivity contribution in [3.8, 4) is 5.75 Å². The Morgan fingerprint density at radius 3 is 2.54 bits per heavy atom. The lowest BCUT2D eigenvalue weighted by molar-refractivity contribution is -0.138. The van der Waals surface area contributed by atoms with Crippen LogP contribution in [-0.2, 0) is 10.9 Å². The summed E-state index contributed by atoms with van der Waals surface area (Å²) in [5, 5.41) is 2.97. The number of halogens is 3. The van der Waals surface area contributed by atoms with E-state index in [-0.39, 0.29) is 57.5 Å². The smallest absolute Gasteiger partial charge is 0.416 e. The number of H-pyrrole nitrogens is 1. The number of methoxy groups -OCH3 is 1. The van der Waals surface area contributed by atoms with Gasteiger partial charge in [-0.3, -0.25) is 9.59 Å². The van der Waals surface area contributed by atoms with Gasteiger partial charge in [0.15, 0.2) is 11.6 Å². The topological polar surface area (TPSA) is 109 Å². The second kappa shape index (κ2) is 10.0. The second-order valence-electron chi connectivity index (χ2n) is 9.21. The molecular formula is C25H28F3N5O4. The van der Waals surface area contributed by atoms with Gasteiger partial charge in [0.25, 0.3) is 11.5 Å². The summed E-state index contributed by atoms with van der Waals surface area (Å²) < 4.78 is 53.0. The third kappa shape index (κ3) is 5.53. The molecule has 1 amide bonds. The number of carbonyl (C=O) groups is 1. The van der Waals surface area contributed by atoms with Crippen LogP contribution in [0.1, 0.15) is 54.1 Å². The summed E-state index contributed by atoms with van der Waals surface area (Å²) in [6.45, 7) is 7.64. The average Bonchev–Trinajstić information content (AvgIpc) is 2.81. The summed E-state index contributed by atoms with van der Waals surface area (Å²) in [6.07, 6.45) is -3.55. The number of fused-ring (bicyclic) bond motifs is 1. The lowest BCUT2D eigenvalue weighted by atomic mass is 9.98. The van der Waals surface area contributed by atoms with Crippen LogP contribution >= 0.6 is 0 Å². The number of ether oxygens (including phenoxy) is 2. The maximum atomic E-state index is 14.0. The normalized spacial score (nSPS) is 19.1. The third-order valence-corrected chi connectivity index (χ3v) is 6.15. The molecular weight excluding hydrogens is 491 g/mol. The molecule has 0 aliphatic carbocycles. The molecule has 3 aromatic rings. The molecule has 12 heteroatoms. The summed E-state index contributed by atoms with van der Waals surface area (Å²) in [5.41, 5.74) is -1.37. The van der Waals surface area contributed by atoms with Crippen molar-refractivity contribution in [3.63, 3.8) is 0 Å². The average molecular weight is 520 g/mol. The van der Waals surface area contributed by atoms with Crippen molar-refractivity contribution in [1.29, 1.82) is 0 Å². The molecule has 1 aromatic carbocycles. The van der Waals surface area contributed by atoms with Gasteiger partial charge in [0.2, 0.25) is 0 Å². The Bertz CT molecular complexity index is 1380. The van der Waals surface area contributed by atoms with Gasteiger partial charge in [0.1, 0.15) is 5.82 Å². The number of benzene rings is 1. The summed E-state index contributed by atoms with van der Waals surface area (Å²) in [6, 6.07) is 2.64. The van der Waals surface area contributed by atoms with Crippen molar-refractivity contribution in [2.75, 3.05) is 25.5 Å². The van der Waals surface area contributed by atoms with Crippen molar-refractivity contribution >= 4 is 22.6 Å². The molecule has 2 N–H and O–H groups in total. The molecule has 9 nitrogen and oxygen atoms in total. The maximum Gasteiger partial charge on any atom is 0.416 e. The first-order valence-electron chi connectivity index (χ1n) is 11.7. The first-order valence-corrected chi connectivity index (χ1v) is 11.7. The third-order valence-electron chi connectivity index (χ3n) is 6.15. The minimum Gasteiger partial charge on any atom is -0.493 e. The number of carbonyl (C=O) groups excluding carboxylic acids is 1. The van der Waals surface area contributed by atoms with Crippen LogP contribution in [0.2, 0.25) is 0 Å². The number of hydrogen-bond acceptors (Lipinski definition) is 7. The van der Waals surface area contributed by atoms with E-state index in [0.717, 1.165) is 6.07 Å². The summed E-state index contributed by atoms with van der Waals surface area (Å²) >= 11 is 0. The predicted molar refractivity (Wildman–Crippen MR) is 131 cm³/mol. The Hall–Kier alpha value is -3.67. The monoisotopic (exact) mass is 519 g/mol. The zero-order valence-corrected chi connectivity index (χ0v) is 21.1. The first kappa shape index (κ1) is 26.4. The Morgan fingerprint density at radius 2 is 1.92 bits per heavy atom. The molecule has 4 rings (SSSR count). The molecule has 0 radical (unpaired) electrons. The molecule has 198 valence electrons. The molecule has 37 heavy (non-hydrogen) atoms. The molecule has 0 saturated carbocycles. The SMILES string of the molecule is COc1cc(C(=O)N2CC(C)OC(C)C2)cnc1NC(C)c1cc2c(=O)[nH]c(C)nc2cc1C(F)(F)F. The summed E-state index contributed by atoms with van der Waals surface area (Å²) in [5.74, 6) is 0.313. The van der Waals surface area contributed by atoms with Gasteiger partial charge in [-0.2, -0.15) is 13.2 Å². The molecule has 1 fully saturated rings. The number of amides is 1. The van der Waals surface area contributed by atoms with Crippen LogP contribution in [-0.4, -0.2) is 58.2 Å². The maximum absolute atomic E-state index is 14.0. The van der Waals surface area contributed by atoms with Crippen molar-refractivity contribution in [1.82, 2.24) is 19.9 Å². The fourth-order valence-corrected chi connectivity index (χ4v) is 4.56. The van der Waals surface area contributed by atoms with E-state index in [0.29, 0.717) is 13.1 Å². The number of alkyl halides is 3. The number of aromatic nitrogens is 3. The number of morpholine rings is 1. The van der Waals surface area contributed by atoms with E-state index >= 15 is 0 Å². The number of hydrogen-bond donors (Lipinski definition) is 2. The fourth-order valence-electron chi connectivity index (χ4n) is 4.56. The van der Waals surface area contributed by atoms with E-state index in [9.17, 15) is 22.8 Å². The Morgan fingerprint density at radius 1 is 1.24 bits per heavy atom. The van der Waals surface area contributed by atoms with Gasteiger partial charge in [-0.25, -0.2) is 9.97 Å². The van der Waals surface area contributed by atoms with E-state index < -0.39 is 23.3 Å². The molecule has 1 saturated heterocycles. The Kier molecular flexibility index (Phi) is 7.13. The number of aromatic amines is 1. The largest absolute Gasteiger partial charge is 0.493 e. The number of anilines is 1. The predicted octanol–water partition coefficient (Wildman–Crippen LogP) is 4.08. The number of aryl methyl sites for hydroxylation is 1. The van der Waals surface area contributed by atoms with Crippen LogP contribution in [0.25, 0.3) is 10.9 Å². The fraction of sp³-hybridized carbons (Fsp3) is 0.440. The zero-order valence-electron chi connectivity index (χ0n) is 21.1. The molecule has 3 atom stereocenters. The number of pyridine rings is 1. The van der Waals surface area contributed by atoms with Gasteiger partial charge in [0.05, 0.1) is 47.4 Å². The highest BCUT2D eigenvalue weighted by Crippen LogP contribution is 2.38. The minimum absolute atomic E-state index is 0.0390. The highest BCUT2D eigenvalue weighted by Gasteiger charge is 2.36. The number of nitrogens with one attached hydrogen (secondary N) is 2. The van der Waals surface area contributed by atoms with E-state index in [1.807, 2.05) is 13.8 Å². The molecule has 0 spiro atoms. The molecule has 2 aromatic heterocycles. The van der Waals surface area contributed by atoms with Gasteiger partial charge in [0, 0.05) is 19.3 Å². The summed E-state index contributed by atoms with van der Waals surface area (Å²) in [4.78, 5) is 37.9. The van der Waals surface area contributed by atoms with Crippen LogP contribution in [0, 0.1) is 6.92 Å². The van der Waals surface area contributed by atoms with Gasteiger partial charge in [-0.1, -0.05) is 0 Å². The lowest BCUT2D eigenvalue weighted by Gasteiger charge is -2.35. The number of nitrogens with zero attached hydrogens (tertiary/aromatic N) is 3. The van der Waals surface area contributed by atoms with Crippen molar-refractivity contribution < 1.29 is 27.4 Å². The Balaban J connectivity index is 1.66. The van der Waals surface area contributed by atoms with Crippen LogP contribution in [0.5, 0.6) is 5.75 Å². The van der Waals surface area contributed by atoms with E-state index in [1.165, 1.54) is 39.3 Å². The van der Waals surface area contributed by atoms with Gasteiger partial charge in [-0.05, 0) is 51.5 Å². The van der Waals surface area contributed by atoms with Crippen molar-refractivity contribution in [2.45, 2.75) is 52.1 Å². The highest BCUT2D eigenvalue weighted by atomic mass is 19.4. The van der Waals surface area contributed by atoms with Crippen LogP contribution in [0.3, 0.4) is 0 Å². The lowest BCUT2D eigenvalue weighted by Crippen LogP contribution is -2.48. The van der Waals surface area contributed by atoms with Gasteiger partial charge < -0.3 is 24.7 Å². The second-order valence-corrected chi connectivity index (χ2v) is 9.21. The molecule has 0 bridgehead atoms. The van der Waals surface area contributed by atoms with Gasteiger partial charge >= 0.3 is 6.18 Å². The van der Waals surface area contributed by atoms with Crippen LogP contribution in [0.4, 0.5) is 19.0 Å². The quantitative estimate of drug-likeness (QED) is 0.523. The summed E-state index contributed by atoms with van der Waals surface area (Å²) in [7, 11) is 1.38. The van der Waals surface area contributed by atoms with Crippen molar-refractivity contribution in [3.05, 3.63) is 57.3 Å². The number of rotatable bonds is 5. The Labute approximate surface area is 211 Å². The molecule has 3 unspecified atom stereocenters. The molecule has 1 aliphatic rings. The van der Waals surface area contributed by atoms with E-state index in [1.54, 1.807) is 4.90 Å². The minimum atomic E-state index is -4.68. The highest BCUT2D eigenvalue weighted by molar-refractivity contribution is 5.95. The zero-order chi connectivity index (χ0) is 27.1. The molecule has 1 aliphatic heterocycles.